The van der Waals surface area contributed by atoms with Gasteiger partial charge in [0, 0.05) is 13.0 Å². The van der Waals surface area contributed by atoms with Gasteiger partial charge in [0.05, 0.1) is 0 Å². The first kappa shape index (κ1) is 25.6. The molecule has 0 bridgehead atoms. The monoisotopic (exact) mass is 462 g/mol. The van der Waals surface area contributed by atoms with Gasteiger partial charge in [-0.3, -0.25) is 0 Å². The third kappa shape index (κ3) is 4.55. The van der Waals surface area contributed by atoms with Crippen LogP contribution in [-0.2, 0) is 9.22 Å². The van der Waals surface area contributed by atoms with E-state index in [0.717, 1.165) is 25.7 Å². The molecule has 0 saturated heterocycles. The molecule has 2 nitrogen and oxygen atoms in total. The molecule has 2 atom stereocenters. The highest BCUT2D eigenvalue weighted by molar-refractivity contribution is 6.99. The van der Waals surface area contributed by atoms with Crippen molar-refractivity contribution in [2.75, 3.05) is 6.61 Å². The van der Waals surface area contributed by atoms with Crippen molar-refractivity contribution in [3.63, 3.8) is 0 Å². The minimum absolute atomic E-state index is 0.0124. The van der Waals surface area contributed by atoms with E-state index < -0.39 is 8.32 Å². The number of rotatable bonds is 8. The van der Waals surface area contributed by atoms with Gasteiger partial charge in [-0.15, -0.1) is 0 Å². The van der Waals surface area contributed by atoms with Crippen molar-refractivity contribution in [2.24, 2.45) is 16.7 Å². The summed E-state index contributed by atoms with van der Waals surface area (Å²) in [4.78, 5) is 11.0. The third-order valence-corrected chi connectivity index (χ3v) is 13.7. The molecule has 0 N–H and O–H groups in total. The number of benzene rings is 2. The van der Waals surface area contributed by atoms with Gasteiger partial charge in [0.2, 0.25) is 0 Å². The molecule has 1 fully saturated rings. The van der Waals surface area contributed by atoms with Crippen molar-refractivity contribution in [3.05, 3.63) is 72.3 Å². The van der Waals surface area contributed by atoms with Crippen molar-refractivity contribution in [2.45, 2.75) is 72.8 Å². The second-order valence-corrected chi connectivity index (χ2v) is 15.9. The van der Waals surface area contributed by atoms with E-state index in [1.54, 1.807) is 0 Å². The van der Waals surface area contributed by atoms with Crippen molar-refractivity contribution >= 4 is 25.0 Å². The van der Waals surface area contributed by atoms with Crippen molar-refractivity contribution in [1.29, 1.82) is 0 Å². The molecule has 0 spiro atoms. The van der Waals surface area contributed by atoms with Gasteiger partial charge in [0.25, 0.3) is 8.32 Å². The summed E-state index contributed by atoms with van der Waals surface area (Å²) >= 11 is 0. The maximum Gasteiger partial charge on any atom is 0.261 e. The molecule has 33 heavy (non-hydrogen) atoms. The minimum atomic E-state index is -2.53. The number of hydrogen-bond acceptors (Lipinski definition) is 2. The molecule has 1 aliphatic carbocycles. The van der Waals surface area contributed by atoms with E-state index in [0.29, 0.717) is 12.3 Å². The van der Waals surface area contributed by atoms with E-state index in [9.17, 15) is 4.79 Å². The molecule has 1 aliphatic rings. The lowest BCUT2D eigenvalue weighted by Gasteiger charge is -2.46. The molecule has 0 heterocycles. The van der Waals surface area contributed by atoms with Crippen LogP contribution in [0.3, 0.4) is 0 Å². The zero-order chi connectivity index (χ0) is 24.3. The van der Waals surface area contributed by atoms with Gasteiger partial charge in [-0.05, 0) is 51.9 Å². The highest BCUT2D eigenvalue weighted by Crippen LogP contribution is 2.59. The predicted molar refractivity (Wildman–Crippen MR) is 143 cm³/mol. The molecule has 2 aromatic rings. The van der Waals surface area contributed by atoms with Crippen LogP contribution in [0.15, 0.2) is 72.3 Å². The lowest BCUT2D eigenvalue weighted by Crippen LogP contribution is -2.67. The molecular formula is C30H42O2Si. The van der Waals surface area contributed by atoms with Crippen LogP contribution < -0.4 is 10.4 Å². The van der Waals surface area contributed by atoms with Gasteiger partial charge < -0.3 is 9.22 Å². The fraction of sp³-hybridized carbons (Fsp3) is 0.500. The summed E-state index contributed by atoms with van der Waals surface area (Å²) in [6, 6.07) is 21.8. The Bertz CT molecular complexity index is 916. The van der Waals surface area contributed by atoms with Crippen molar-refractivity contribution < 1.29 is 9.22 Å². The molecule has 0 radical (unpaired) electrons. The fourth-order valence-electron chi connectivity index (χ4n) is 6.03. The summed E-state index contributed by atoms with van der Waals surface area (Å²) < 4.78 is 7.30. The summed E-state index contributed by atoms with van der Waals surface area (Å²) in [5.74, 6) is 0.462. The zero-order valence-corrected chi connectivity index (χ0v) is 22.7. The quantitative estimate of drug-likeness (QED) is 0.253. The zero-order valence-electron chi connectivity index (χ0n) is 21.7. The van der Waals surface area contributed by atoms with Gasteiger partial charge in [-0.1, -0.05) is 114 Å². The lowest BCUT2D eigenvalue weighted by molar-refractivity contribution is -0.107. The summed E-state index contributed by atoms with van der Waals surface area (Å²) in [7, 11) is -2.53. The van der Waals surface area contributed by atoms with Gasteiger partial charge in [0.15, 0.2) is 0 Å². The Kier molecular flexibility index (Phi) is 7.55. The third-order valence-electron chi connectivity index (χ3n) is 8.74. The number of carbonyl (C=O) groups is 1. The second-order valence-electron chi connectivity index (χ2n) is 11.6. The van der Waals surface area contributed by atoms with Crippen LogP contribution in [-0.4, -0.2) is 21.2 Å². The number of aldehydes is 1. The Morgan fingerprint density at radius 2 is 1.52 bits per heavy atom. The maximum atomic E-state index is 11.0. The Balaban J connectivity index is 2.00. The van der Waals surface area contributed by atoms with Crippen LogP contribution in [0, 0.1) is 16.7 Å². The van der Waals surface area contributed by atoms with Crippen LogP contribution in [0.2, 0.25) is 5.04 Å². The molecule has 0 amide bonds. The number of allylic oxidation sites excluding steroid dienone is 2. The standard InChI is InChI=1S/C30H42O2Si/c1-24(15-14-22-31)30(7)21-20-25(29(30,5)6)23-32-33(28(2,3)4,26-16-10-8-11-17-26)27-18-12-9-13-19-27/h8-13,15-19,22,25H,14,20-21,23H2,1-7H3/b24-15-/t25-,30+/m0/s1. The molecule has 2 aromatic carbocycles. The Morgan fingerprint density at radius 3 is 1.97 bits per heavy atom. The Hall–Kier alpha value is -1.97. The highest BCUT2D eigenvalue weighted by atomic mass is 28.4. The number of hydrogen-bond donors (Lipinski definition) is 0. The lowest BCUT2D eigenvalue weighted by atomic mass is 9.62. The predicted octanol–water partition coefficient (Wildman–Crippen LogP) is 6.54. The molecule has 178 valence electrons. The topological polar surface area (TPSA) is 26.3 Å². The molecule has 3 heteroatoms. The molecular weight excluding hydrogens is 420 g/mol. The molecule has 3 rings (SSSR count). The van der Waals surface area contributed by atoms with Gasteiger partial charge >= 0.3 is 0 Å². The van der Waals surface area contributed by atoms with Gasteiger partial charge in [-0.2, -0.15) is 0 Å². The smallest absolute Gasteiger partial charge is 0.261 e. The van der Waals surface area contributed by atoms with E-state index in [2.05, 4.69) is 115 Å². The molecule has 0 unspecified atom stereocenters. The van der Waals surface area contributed by atoms with Crippen molar-refractivity contribution in [3.8, 4) is 0 Å². The van der Waals surface area contributed by atoms with Crippen LogP contribution in [0.1, 0.15) is 67.7 Å². The Morgan fingerprint density at radius 1 is 1.00 bits per heavy atom. The van der Waals surface area contributed by atoms with Gasteiger partial charge in [0.1, 0.15) is 6.29 Å². The summed E-state index contributed by atoms with van der Waals surface area (Å²) in [5, 5.41) is 2.66. The summed E-state index contributed by atoms with van der Waals surface area (Å²) in [6.07, 6.45) is 5.91. The van der Waals surface area contributed by atoms with Gasteiger partial charge in [-0.25, -0.2) is 0 Å². The van der Waals surface area contributed by atoms with Crippen LogP contribution in [0.4, 0.5) is 0 Å². The second kappa shape index (κ2) is 9.72. The molecule has 0 aromatic heterocycles. The summed E-state index contributed by atoms with van der Waals surface area (Å²) in [5.41, 5.74) is 1.50. The maximum absolute atomic E-state index is 11.0. The van der Waals surface area contributed by atoms with E-state index in [4.69, 9.17) is 4.43 Å². The SMILES string of the molecule is C/C(=C/CC=O)[C@@]1(C)CC[C@@H](CO[Si](c2ccccc2)(c2ccccc2)C(C)(C)C)C1(C)C. The van der Waals surface area contributed by atoms with Crippen LogP contribution in [0.25, 0.3) is 0 Å². The number of carbonyl (C=O) groups excluding carboxylic acids is 1. The normalized spacial score (nSPS) is 23.5. The molecule has 0 aliphatic heterocycles. The van der Waals surface area contributed by atoms with E-state index in [-0.39, 0.29) is 15.9 Å². The summed E-state index contributed by atoms with van der Waals surface area (Å²) in [6.45, 7) is 17.2. The average Bonchev–Trinajstić information content (AvgIpc) is 3.02. The van der Waals surface area contributed by atoms with Crippen molar-refractivity contribution in [1.82, 2.24) is 0 Å². The molecule has 1 saturated carbocycles. The van der Waals surface area contributed by atoms with E-state index >= 15 is 0 Å². The average molecular weight is 463 g/mol. The first-order valence-electron chi connectivity index (χ1n) is 12.4. The largest absolute Gasteiger partial charge is 0.407 e. The first-order chi connectivity index (χ1) is 15.5. The van der Waals surface area contributed by atoms with E-state index in [1.165, 1.54) is 15.9 Å². The first-order valence-corrected chi connectivity index (χ1v) is 14.3. The van der Waals surface area contributed by atoms with Crippen LogP contribution in [0.5, 0.6) is 0 Å². The Labute approximate surface area is 202 Å². The van der Waals surface area contributed by atoms with E-state index in [1.807, 2.05) is 0 Å². The fourth-order valence-corrected chi connectivity index (χ4v) is 10.6. The minimum Gasteiger partial charge on any atom is -0.407 e. The highest BCUT2D eigenvalue weighted by Gasteiger charge is 2.55. The van der Waals surface area contributed by atoms with Crippen LogP contribution >= 0.6 is 0 Å².